The summed E-state index contributed by atoms with van der Waals surface area (Å²) in [6, 6.07) is 9.66. The summed E-state index contributed by atoms with van der Waals surface area (Å²) in [5.41, 5.74) is 3.26. The molecule has 1 aromatic carbocycles. The van der Waals surface area contributed by atoms with Crippen molar-refractivity contribution in [2.75, 3.05) is 26.2 Å². The lowest BCUT2D eigenvalue weighted by atomic mass is 9.83. The van der Waals surface area contributed by atoms with E-state index in [1.807, 2.05) is 31.5 Å². The summed E-state index contributed by atoms with van der Waals surface area (Å²) in [7, 11) is 0. The van der Waals surface area contributed by atoms with Gasteiger partial charge in [-0.3, -0.25) is 14.8 Å². The van der Waals surface area contributed by atoms with Crippen LogP contribution in [0.15, 0.2) is 42.7 Å². The maximum Gasteiger partial charge on any atom is 0.126 e. The average molecular weight is 368 g/mol. The maximum atomic E-state index is 13.8. The lowest BCUT2D eigenvalue weighted by Crippen LogP contribution is -2.36. The monoisotopic (exact) mass is 367 g/mol. The van der Waals surface area contributed by atoms with Gasteiger partial charge in [0.15, 0.2) is 0 Å². The molecule has 1 atom stereocenters. The number of hydrogen-bond acceptors (Lipinski definition) is 3. The largest absolute Gasteiger partial charge is 0.299 e. The minimum atomic E-state index is -0.0794. The Kier molecular flexibility index (Phi) is 5.84. The standard InChI is InChI=1S/C23H30FN3/c1-18-21(5-2-6-23(18)24)16-27-13-9-22(17-27)20-7-11-26(12-8-20)15-19-4-3-10-25-14-19/h2-6,10,14,20,22H,7-9,11-13,15-17H2,1H3/t22-/m0/s1. The second kappa shape index (κ2) is 8.49. The number of piperidine rings is 1. The number of rotatable bonds is 5. The highest BCUT2D eigenvalue weighted by Gasteiger charge is 2.32. The van der Waals surface area contributed by atoms with E-state index in [9.17, 15) is 4.39 Å². The summed E-state index contributed by atoms with van der Waals surface area (Å²) in [5.74, 6) is 1.57. The molecule has 0 radical (unpaired) electrons. The van der Waals surface area contributed by atoms with Gasteiger partial charge in [-0.05, 0) is 86.5 Å². The molecular formula is C23H30FN3. The number of aromatic nitrogens is 1. The van der Waals surface area contributed by atoms with Crippen LogP contribution in [0, 0.1) is 24.6 Å². The highest BCUT2D eigenvalue weighted by Crippen LogP contribution is 2.33. The normalized spacial score (nSPS) is 22.4. The van der Waals surface area contributed by atoms with Crippen molar-refractivity contribution in [3.8, 4) is 0 Å². The number of pyridine rings is 1. The molecule has 4 rings (SSSR count). The molecule has 1 aromatic heterocycles. The zero-order chi connectivity index (χ0) is 18.6. The van der Waals surface area contributed by atoms with Gasteiger partial charge in [-0.2, -0.15) is 0 Å². The lowest BCUT2D eigenvalue weighted by Gasteiger charge is -2.35. The Morgan fingerprint density at radius 1 is 0.963 bits per heavy atom. The molecule has 2 aromatic rings. The first-order valence-corrected chi connectivity index (χ1v) is 10.3. The van der Waals surface area contributed by atoms with E-state index in [0.717, 1.165) is 42.6 Å². The van der Waals surface area contributed by atoms with Crippen LogP contribution in [0.2, 0.25) is 0 Å². The van der Waals surface area contributed by atoms with Gasteiger partial charge in [-0.15, -0.1) is 0 Å². The van der Waals surface area contributed by atoms with E-state index in [2.05, 4.69) is 26.9 Å². The van der Waals surface area contributed by atoms with Crippen LogP contribution in [0.3, 0.4) is 0 Å². The van der Waals surface area contributed by atoms with Crippen molar-refractivity contribution in [1.29, 1.82) is 0 Å². The van der Waals surface area contributed by atoms with E-state index in [-0.39, 0.29) is 5.82 Å². The number of hydrogen-bond donors (Lipinski definition) is 0. The summed E-state index contributed by atoms with van der Waals surface area (Å²) < 4.78 is 13.8. The fraction of sp³-hybridized carbons (Fsp3) is 0.522. The molecule has 0 saturated carbocycles. The van der Waals surface area contributed by atoms with Gasteiger partial charge in [0.1, 0.15) is 5.82 Å². The quantitative estimate of drug-likeness (QED) is 0.787. The molecule has 0 aliphatic carbocycles. The van der Waals surface area contributed by atoms with E-state index in [1.54, 1.807) is 6.07 Å². The SMILES string of the molecule is Cc1c(F)cccc1CN1CC[C@H](C2CCN(Cc3cccnc3)CC2)C1. The van der Waals surface area contributed by atoms with Crippen molar-refractivity contribution in [1.82, 2.24) is 14.8 Å². The fourth-order valence-corrected chi connectivity index (χ4v) is 4.79. The molecule has 0 amide bonds. The molecule has 3 nitrogen and oxygen atoms in total. The smallest absolute Gasteiger partial charge is 0.126 e. The van der Waals surface area contributed by atoms with Crippen LogP contribution in [0.25, 0.3) is 0 Å². The molecule has 3 heterocycles. The number of halogens is 1. The molecule has 2 saturated heterocycles. The third-order valence-electron chi connectivity index (χ3n) is 6.51. The van der Waals surface area contributed by atoms with Crippen LogP contribution in [-0.4, -0.2) is 41.0 Å². The minimum Gasteiger partial charge on any atom is -0.299 e. The zero-order valence-electron chi connectivity index (χ0n) is 16.3. The van der Waals surface area contributed by atoms with Gasteiger partial charge in [0.2, 0.25) is 0 Å². The Hall–Kier alpha value is -1.78. The molecule has 0 spiro atoms. The Labute approximate surface area is 162 Å². The van der Waals surface area contributed by atoms with E-state index < -0.39 is 0 Å². The topological polar surface area (TPSA) is 19.4 Å². The van der Waals surface area contributed by atoms with Crippen molar-refractivity contribution in [3.05, 3.63) is 65.2 Å². The number of benzene rings is 1. The Balaban J connectivity index is 1.26. The summed E-state index contributed by atoms with van der Waals surface area (Å²) in [5, 5.41) is 0. The van der Waals surface area contributed by atoms with Crippen LogP contribution < -0.4 is 0 Å². The third kappa shape index (κ3) is 4.56. The molecule has 0 unspecified atom stereocenters. The average Bonchev–Trinajstić information content (AvgIpc) is 3.15. The summed E-state index contributed by atoms with van der Waals surface area (Å²) in [6.07, 6.45) is 7.72. The number of nitrogens with zero attached hydrogens (tertiary/aromatic N) is 3. The zero-order valence-corrected chi connectivity index (χ0v) is 16.3. The first kappa shape index (κ1) is 18.6. The summed E-state index contributed by atoms with van der Waals surface area (Å²) in [6.45, 7) is 8.52. The first-order valence-electron chi connectivity index (χ1n) is 10.3. The molecule has 4 heteroatoms. The molecule has 27 heavy (non-hydrogen) atoms. The van der Waals surface area contributed by atoms with Gasteiger partial charge in [-0.1, -0.05) is 18.2 Å². The van der Waals surface area contributed by atoms with Crippen molar-refractivity contribution in [3.63, 3.8) is 0 Å². The third-order valence-corrected chi connectivity index (χ3v) is 6.51. The predicted octanol–water partition coefficient (Wildman–Crippen LogP) is 4.26. The Morgan fingerprint density at radius 3 is 2.52 bits per heavy atom. The van der Waals surface area contributed by atoms with E-state index in [0.29, 0.717) is 0 Å². The molecule has 2 fully saturated rings. The fourth-order valence-electron chi connectivity index (χ4n) is 4.79. The van der Waals surface area contributed by atoms with Gasteiger partial charge in [-0.25, -0.2) is 4.39 Å². The van der Waals surface area contributed by atoms with E-state index in [1.165, 1.54) is 44.5 Å². The van der Waals surface area contributed by atoms with Crippen molar-refractivity contribution in [2.45, 2.75) is 39.3 Å². The Bertz CT molecular complexity index is 741. The lowest BCUT2D eigenvalue weighted by molar-refractivity contribution is 0.141. The second-order valence-corrected chi connectivity index (χ2v) is 8.28. The van der Waals surface area contributed by atoms with Gasteiger partial charge < -0.3 is 0 Å². The number of likely N-dealkylation sites (tertiary alicyclic amines) is 2. The molecule has 0 N–H and O–H groups in total. The first-order chi connectivity index (χ1) is 13.2. The summed E-state index contributed by atoms with van der Waals surface area (Å²) in [4.78, 5) is 9.31. The van der Waals surface area contributed by atoms with Crippen LogP contribution in [-0.2, 0) is 13.1 Å². The summed E-state index contributed by atoms with van der Waals surface area (Å²) >= 11 is 0. The highest BCUT2D eigenvalue weighted by molar-refractivity contribution is 5.27. The van der Waals surface area contributed by atoms with Crippen LogP contribution in [0.4, 0.5) is 4.39 Å². The van der Waals surface area contributed by atoms with E-state index >= 15 is 0 Å². The van der Waals surface area contributed by atoms with E-state index in [4.69, 9.17) is 0 Å². The highest BCUT2D eigenvalue weighted by atomic mass is 19.1. The van der Waals surface area contributed by atoms with Crippen molar-refractivity contribution in [2.24, 2.45) is 11.8 Å². The van der Waals surface area contributed by atoms with Crippen molar-refractivity contribution < 1.29 is 4.39 Å². The molecule has 2 aliphatic heterocycles. The molecule has 144 valence electrons. The van der Waals surface area contributed by atoms with Gasteiger partial charge in [0, 0.05) is 32.0 Å². The van der Waals surface area contributed by atoms with Crippen LogP contribution >= 0.6 is 0 Å². The molecule has 2 aliphatic rings. The maximum absolute atomic E-state index is 13.8. The van der Waals surface area contributed by atoms with Crippen molar-refractivity contribution >= 4 is 0 Å². The molecule has 0 bridgehead atoms. The van der Waals surface area contributed by atoms with Gasteiger partial charge in [0.05, 0.1) is 0 Å². The van der Waals surface area contributed by atoms with Crippen LogP contribution in [0.1, 0.15) is 36.0 Å². The molecular weight excluding hydrogens is 337 g/mol. The van der Waals surface area contributed by atoms with Crippen LogP contribution in [0.5, 0.6) is 0 Å². The van der Waals surface area contributed by atoms with Gasteiger partial charge >= 0.3 is 0 Å². The minimum absolute atomic E-state index is 0.0794. The predicted molar refractivity (Wildman–Crippen MR) is 107 cm³/mol. The second-order valence-electron chi connectivity index (χ2n) is 8.28. The van der Waals surface area contributed by atoms with Gasteiger partial charge in [0.25, 0.3) is 0 Å². The Morgan fingerprint density at radius 2 is 1.74 bits per heavy atom.